The van der Waals surface area contributed by atoms with Crippen molar-refractivity contribution in [2.75, 3.05) is 13.9 Å². The van der Waals surface area contributed by atoms with E-state index < -0.39 is 5.91 Å². The topological polar surface area (TPSA) is 67.8 Å². The maximum absolute atomic E-state index is 11.1. The molecule has 2 aromatic rings. The molecule has 0 aromatic heterocycles. The van der Waals surface area contributed by atoms with Gasteiger partial charge in [-0.05, 0) is 41.7 Å². The quantitative estimate of drug-likeness (QED) is 0.395. The largest absolute Gasteiger partial charge is 0.359 e. The van der Waals surface area contributed by atoms with Crippen LogP contribution < -0.4 is 5.48 Å². The SMILES string of the molecule is COCOC(CCCC(=O)NO)c1ccc(-c2ccc(Cl)cc2)cc1. The molecule has 6 heteroatoms. The second kappa shape index (κ2) is 10.2. The van der Waals surface area contributed by atoms with Gasteiger partial charge in [-0.3, -0.25) is 10.0 Å². The number of benzene rings is 2. The molecule has 0 heterocycles. The van der Waals surface area contributed by atoms with E-state index in [1.165, 1.54) is 0 Å². The molecule has 0 radical (unpaired) electrons. The van der Waals surface area contributed by atoms with Gasteiger partial charge in [-0.15, -0.1) is 0 Å². The number of hydrogen-bond acceptors (Lipinski definition) is 4. The van der Waals surface area contributed by atoms with Gasteiger partial charge in [-0.25, -0.2) is 5.48 Å². The maximum Gasteiger partial charge on any atom is 0.243 e. The predicted octanol–water partition coefficient (Wildman–Crippen LogP) is 4.34. The Kier molecular flexibility index (Phi) is 7.88. The van der Waals surface area contributed by atoms with Crippen LogP contribution in [0, 0.1) is 0 Å². The lowest BCUT2D eigenvalue weighted by Crippen LogP contribution is -2.18. The highest BCUT2D eigenvalue weighted by molar-refractivity contribution is 6.30. The molecule has 0 bridgehead atoms. The minimum atomic E-state index is -0.399. The van der Waals surface area contributed by atoms with Crippen LogP contribution in [-0.2, 0) is 14.3 Å². The Morgan fingerprint density at radius 2 is 1.72 bits per heavy atom. The van der Waals surface area contributed by atoms with E-state index in [1.54, 1.807) is 12.6 Å². The molecular weight excluding hydrogens is 342 g/mol. The summed E-state index contributed by atoms with van der Waals surface area (Å²) in [7, 11) is 1.57. The van der Waals surface area contributed by atoms with Crippen LogP contribution in [0.1, 0.15) is 30.9 Å². The summed E-state index contributed by atoms with van der Waals surface area (Å²) in [5.41, 5.74) is 4.83. The molecule has 2 rings (SSSR count). The van der Waals surface area contributed by atoms with Crippen LogP contribution in [0.15, 0.2) is 48.5 Å². The Bertz CT molecular complexity index is 658. The van der Waals surface area contributed by atoms with Crippen LogP contribution in [0.2, 0.25) is 5.02 Å². The third-order valence-electron chi connectivity index (χ3n) is 3.84. The van der Waals surface area contributed by atoms with Crippen LogP contribution in [0.3, 0.4) is 0 Å². The molecule has 1 amide bonds. The van der Waals surface area contributed by atoms with E-state index in [0.29, 0.717) is 17.9 Å². The van der Waals surface area contributed by atoms with Crippen LogP contribution in [0.5, 0.6) is 0 Å². The van der Waals surface area contributed by atoms with Crippen LogP contribution in [0.4, 0.5) is 0 Å². The summed E-state index contributed by atoms with van der Waals surface area (Å²) in [6.07, 6.45) is 1.31. The second-order valence-electron chi connectivity index (χ2n) is 5.62. The number of hydroxylamine groups is 1. The monoisotopic (exact) mass is 363 g/mol. The van der Waals surface area contributed by atoms with Crippen molar-refractivity contribution in [2.24, 2.45) is 0 Å². The number of carbonyl (C=O) groups excluding carboxylic acids is 1. The van der Waals surface area contributed by atoms with Crippen molar-refractivity contribution in [3.63, 3.8) is 0 Å². The Morgan fingerprint density at radius 1 is 1.12 bits per heavy atom. The molecule has 2 N–H and O–H groups in total. The van der Waals surface area contributed by atoms with E-state index in [1.807, 2.05) is 48.5 Å². The van der Waals surface area contributed by atoms with E-state index >= 15 is 0 Å². The molecule has 5 nitrogen and oxygen atoms in total. The summed E-state index contributed by atoms with van der Waals surface area (Å²) >= 11 is 5.92. The third kappa shape index (κ3) is 6.14. The average Bonchev–Trinajstić information content (AvgIpc) is 2.65. The zero-order valence-electron chi connectivity index (χ0n) is 14.1. The molecule has 0 saturated carbocycles. The van der Waals surface area contributed by atoms with Gasteiger partial charge in [0.15, 0.2) is 0 Å². The fraction of sp³-hybridized carbons (Fsp3) is 0.316. The molecule has 2 aromatic carbocycles. The number of halogens is 1. The summed E-state index contributed by atoms with van der Waals surface area (Å²) in [5.74, 6) is -0.399. The van der Waals surface area contributed by atoms with Gasteiger partial charge in [-0.2, -0.15) is 0 Å². The fourth-order valence-corrected chi connectivity index (χ4v) is 2.66. The standard InChI is InChI=1S/C19H22ClNO4/c1-24-13-25-18(3-2-4-19(22)21-23)16-7-5-14(6-8-16)15-9-11-17(20)12-10-15/h5-12,18,23H,2-4,13H2,1H3,(H,21,22). The summed E-state index contributed by atoms with van der Waals surface area (Å²) in [6.45, 7) is 0.176. The number of ether oxygens (including phenoxy) is 2. The zero-order chi connectivity index (χ0) is 18.1. The van der Waals surface area contributed by atoms with E-state index in [-0.39, 0.29) is 19.3 Å². The van der Waals surface area contributed by atoms with Crippen molar-refractivity contribution in [2.45, 2.75) is 25.4 Å². The highest BCUT2D eigenvalue weighted by Gasteiger charge is 2.13. The Hall–Kier alpha value is -1.92. The summed E-state index contributed by atoms with van der Waals surface area (Å²) in [6, 6.07) is 15.8. The minimum Gasteiger partial charge on any atom is -0.359 e. The maximum atomic E-state index is 11.1. The summed E-state index contributed by atoms with van der Waals surface area (Å²) in [4.78, 5) is 11.1. The predicted molar refractivity (Wildman–Crippen MR) is 96.4 cm³/mol. The Labute approximate surface area is 152 Å². The molecular formula is C19H22ClNO4. The molecule has 0 aliphatic rings. The first-order valence-corrected chi connectivity index (χ1v) is 8.41. The van der Waals surface area contributed by atoms with Gasteiger partial charge in [-0.1, -0.05) is 48.0 Å². The molecule has 25 heavy (non-hydrogen) atoms. The van der Waals surface area contributed by atoms with Gasteiger partial charge in [0.2, 0.25) is 5.91 Å². The zero-order valence-corrected chi connectivity index (χ0v) is 14.8. The van der Waals surface area contributed by atoms with E-state index in [2.05, 4.69) is 0 Å². The molecule has 134 valence electrons. The molecule has 0 aliphatic heterocycles. The smallest absolute Gasteiger partial charge is 0.243 e. The summed E-state index contributed by atoms with van der Waals surface area (Å²) in [5, 5.41) is 9.26. The molecule has 0 aliphatic carbocycles. The number of amides is 1. The van der Waals surface area contributed by atoms with Gasteiger partial charge in [0.05, 0.1) is 6.10 Å². The van der Waals surface area contributed by atoms with Crippen molar-refractivity contribution >= 4 is 17.5 Å². The number of nitrogens with one attached hydrogen (secondary N) is 1. The lowest BCUT2D eigenvalue weighted by Gasteiger charge is -2.18. The van der Waals surface area contributed by atoms with Crippen molar-refractivity contribution in [3.8, 4) is 11.1 Å². The first-order valence-electron chi connectivity index (χ1n) is 8.03. The molecule has 0 spiro atoms. The number of hydrogen-bond donors (Lipinski definition) is 2. The van der Waals surface area contributed by atoms with Gasteiger partial charge in [0.25, 0.3) is 0 Å². The normalized spacial score (nSPS) is 12.0. The van der Waals surface area contributed by atoms with E-state index in [9.17, 15) is 4.79 Å². The average molecular weight is 364 g/mol. The van der Waals surface area contributed by atoms with Gasteiger partial charge < -0.3 is 9.47 Å². The molecule has 1 atom stereocenters. The highest BCUT2D eigenvalue weighted by atomic mass is 35.5. The molecule has 0 fully saturated rings. The lowest BCUT2D eigenvalue weighted by molar-refractivity contribution is -0.129. The van der Waals surface area contributed by atoms with Gasteiger partial charge >= 0.3 is 0 Å². The number of carbonyl (C=O) groups is 1. The van der Waals surface area contributed by atoms with E-state index in [0.717, 1.165) is 16.7 Å². The van der Waals surface area contributed by atoms with Gasteiger partial charge in [0.1, 0.15) is 6.79 Å². The first kappa shape index (κ1) is 19.4. The van der Waals surface area contributed by atoms with Gasteiger partial charge in [0, 0.05) is 18.6 Å². The second-order valence-corrected chi connectivity index (χ2v) is 6.05. The molecule has 1 unspecified atom stereocenters. The highest BCUT2D eigenvalue weighted by Crippen LogP contribution is 2.27. The van der Waals surface area contributed by atoms with Crippen molar-refractivity contribution in [3.05, 3.63) is 59.1 Å². The third-order valence-corrected chi connectivity index (χ3v) is 4.09. The first-order chi connectivity index (χ1) is 12.1. The van der Waals surface area contributed by atoms with Crippen LogP contribution in [-0.4, -0.2) is 25.0 Å². The summed E-state index contributed by atoms with van der Waals surface area (Å²) < 4.78 is 10.7. The number of rotatable bonds is 9. The van der Waals surface area contributed by atoms with E-state index in [4.69, 9.17) is 26.3 Å². The van der Waals surface area contributed by atoms with Crippen molar-refractivity contribution in [1.82, 2.24) is 5.48 Å². The van der Waals surface area contributed by atoms with Crippen LogP contribution in [0.25, 0.3) is 11.1 Å². The van der Waals surface area contributed by atoms with Crippen LogP contribution >= 0.6 is 11.6 Å². The minimum absolute atomic E-state index is 0.175. The lowest BCUT2D eigenvalue weighted by atomic mass is 9.99. The Balaban J connectivity index is 2.05. The molecule has 0 saturated heterocycles. The Morgan fingerprint density at radius 3 is 2.28 bits per heavy atom. The van der Waals surface area contributed by atoms with Crippen molar-refractivity contribution in [1.29, 1.82) is 0 Å². The number of methoxy groups -OCH3 is 1. The van der Waals surface area contributed by atoms with Crippen molar-refractivity contribution < 1.29 is 19.5 Å². The fourth-order valence-electron chi connectivity index (χ4n) is 2.53.